The van der Waals surface area contributed by atoms with E-state index < -0.39 is 32.6 Å². The Kier molecular flexibility index (Phi) is 8.05. The Morgan fingerprint density at radius 1 is 0.963 bits per heavy atom. The van der Waals surface area contributed by atoms with Crippen LogP contribution in [0, 0.1) is 3.57 Å². The third-order valence-corrected chi connectivity index (χ3v) is 7.61. The van der Waals surface area contributed by atoms with Gasteiger partial charge in [-0.15, -0.1) is 0 Å². The van der Waals surface area contributed by atoms with Gasteiger partial charge in [0.1, 0.15) is 0 Å². The van der Waals surface area contributed by atoms with Crippen LogP contribution < -0.4 is 4.74 Å². The van der Waals surface area contributed by atoms with Crippen LogP contribution in [0.3, 0.4) is 0 Å². The molecule has 7 heteroatoms. The second kappa shape index (κ2) is 10.3. The quantitative estimate of drug-likeness (QED) is 0.508. The van der Waals surface area contributed by atoms with Gasteiger partial charge in [0.2, 0.25) is 0 Å². The molecule has 2 aromatic rings. The zero-order valence-electron chi connectivity index (χ0n) is 15.7. The first-order chi connectivity index (χ1) is 12.9. The van der Waals surface area contributed by atoms with E-state index in [1.165, 1.54) is 13.8 Å². The van der Waals surface area contributed by atoms with Gasteiger partial charge in [0.05, 0.1) is 0 Å². The van der Waals surface area contributed by atoms with Crippen molar-refractivity contribution in [1.29, 1.82) is 0 Å². The minimum absolute atomic E-state index is 0.286. The maximum absolute atomic E-state index is 11.6. The number of ether oxygens (including phenoxy) is 2. The Hall–Kier alpha value is -2.13. The number of carbonyl (C=O) groups is 2. The van der Waals surface area contributed by atoms with Crippen LogP contribution in [0.4, 0.5) is 0 Å². The van der Waals surface area contributed by atoms with Gasteiger partial charge >= 0.3 is 167 Å². The summed E-state index contributed by atoms with van der Waals surface area (Å²) in [6.45, 7) is 4.79. The van der Waals surface area contributed by atoms with Crippen molar-refractivity contribution in [3.8, 4) is 5.75 Å². The van der Waals surface area contributed by atoms with Gasteiger partial charge < -0.3 is 0 Å². The van der Waals surface area contributed by atoms with E-state index in [2.05, 4.69) is 0 Å². The molecule has 0 aliphatic heterocycles. The summed E-state index contributed by atoms with van der Waals surface area (Å²) in [7, 11) is 1.59. The molecule has 2 rings (SSSR count). The van der Waals surface area contributed by atoms with E-state index in [1.807, 2.05) is 49.4 Å². The van der Waals surface area contributed by atoms with Crippen molar-refractivity contribution in [2.75, 3.05) is 7.11 Å². The molecule has 0 aromatic heterocycles. The summed E-state index contributed by atoms with van der Waals surface area (Å²) in [6.07, 6.45) is -0.286. The van der Waals surface area contributed by atoms with Crippen molar-refractivity contribution in [2.24, 2.45) is 0 Å². The molecular weight excluding hydrogens is 463 g/mol. The number of carbonyl (C=O) groups excluding carboxylic acids is 2. The molecular formula is C20H23IO6. The molecule has 2 aromatic carbocycles. The van der Waals surface area contributed by atoms with E-state index in [9.17, 15) is 9.59 Å². The first-order valence-electron chi connectivity index (χ1n) is 8.33. The molecule has 0 fully saturated rings. The summed E-state index contributed by atoms with van der Waals surface area (Å²) in [4.78, 5) is 23.2. The molecule has 0 heterocycles. The number of rotatable bonds is 8. The maximum atomic E-state index is 11.6. The fraction of sp³-hybridized carbons (Fsp3) is 0.300. The topological polar surface area (TPSA) is 71.1 Å². The molecule has 0 amide bonds. The van der Waals surface area contributed by atoms with Crippen molar-refractivity contribution in [2.45, 2.75) is 33.5 Å². The number of halogens is 1. The van der Waals surface area contributed by atoms with Crippen LogP contribution in [-0.2, 0) is 27.1 Å². The Morgan fingerprint density at radius 3 is 2.15 bits per heavy atom. The zero-order chi connectivity index (χ0) is 19.8. The second-order valence-electron chi connectivity index (χ2n) is 5.67. The van der Waals surface area contributed by atoms with Gasteiger partial charge in [0.25, 0.3) is 0 Å². The monoisotopic (exact) mass is 486 g/mol. The predicted molar refractivity (Wildman–Crippen MR) is 109 cm³/mol. The molecule has 0 saturated heterocycles. The molecule has 0 saturated carbocycles. The molecule has 0 spiro atoms. The van der Waals surface area contributed by atoms with Crippen molar-refractivity contribution in [3.63, 3.8) is 0 Å². The Labute approximate surface area is 167 Å². The Bertz CT molecular complexity index is 761. The van der Waals surface area contributed by atoms with Gasteiger partial charge in [-0.2, -0.15) is 0 Å². The van der Waals surface area contributed by atoms with E-state index in [0.717, 1.165) is 11.1 Å². The SMILES string of the molecule is CO[C@@H](C)c1cccc(OCc2ccccc2)c1I(OC(C)=O)OC(C)=O. The molecule has 0 aliphatic carbocycles. The molecule has 27 heavy (non-hydrogen) atoms. The van der Waals surface area contributed by atoms with E-state index in [0.29, 0.717) is 15.9 Å². The van der Waals surface area contributed by atoms with Crippen LogP contribution in [-0.4, -0.2) is 19.0 Å². The van der Waals surface area contributed by atoms with Gasteiger partial charge in [-0.1, -0.05) is 0 Å². The summed E-state index contributed by atoms with van der Waals surface area (Å²) in [5.41, 5.74) is 1.77. The molecule has 0 bridgehead atoms. The fourth-order valence-corrected chi connectivity index (χ4v) is 5.82. The van der Waals surface area contributed by atoms with Gasteiger partial charge in [0, 0.05) is 0 Å². The van der Waals surface area contributed by atoms with E-state index in [4.69, 9.17) is 15.6 Å². The van der Waals surface area contributed by atoms with Crippen LogP contribution in [0.1, 0.15) is 38.0 Å². The minimum atomic E-state index is -3.10. The van der Waals surface area contributed by atoms with Crippen LogP contribution in [0.2, 0.25) is 0 Å². The van der Waals surface area contributed by atoms with Gasteiger partial charge in [-0.05, 0) is 0 Å². The number of hydrogen-bond acceptors (Lipinski definition) is 6. The number of benzene rings is 2. The summed E-state index contributed by atoms with van der Waals surface area (Å²) in [5.74, 6) is -0.487. The third-order valence-electron chi connectivity index (χ3n) is 3.53. The summed E-state index contributed by atoms with van der Waals surface area (Å²) in [5, 5.41) is 0. The van der Waals surface area contributed by atoms with Gasteiger partial charge in [0.15, 0.2) is 0 Å². The second-order valence-corrected chi connectivity index (χ2v) is 8.87. The van der Waals surface area contributed by atoms with Crippen LogP contribution in [0.5, 0.6) is 5.75 Å². The van der Waals surface area contributed by atoms with Crippen molar-refractivity contribution in [1.82, 2.24) is 0 Å². The average Bonchev–Trinajstić information content (AvgIpc) is 2.65. The predicted octanol–water partition coefficient (Wildman–Crippen LogP) is 4.61. The van der Waals surface area contributed by atoms with E-state index in [-0.39, 0.29) is 6.10 Å². The van der Waals surface area contributed by atoms with Crippen molar-refractivity contribution < 1.29 is 25.2 Å². The van der Waals surface area contributed by atoms with E-state index in [1.54, 1.807) is 13.2 Å². The van der Waals surface area contributed by atoms with Gasteiger partial charge in [-0.3, -0.25) is 0 Å². The van der Waals surface area contributed by atoms with Crippen molar-refractivity contribution in [3.05, 3.63) is 63.2 Å². The van der Waals surface area contributed by atoms with Crippen molar-refractivity contribution >= 4 is 32.6 Å². The fourth-order valence-electron chi connectivity index (χ4n) is 2.27. The molecule has 0 aliphatic rings. The zero-order valence-corrected chi connectivity index (χ0v) is 17.9. The van der Waals surface area contributed by atoms with E-state index >= 15 is 0 Å². The Morgan fingerprint density at radius 2 is 1.59 bits per heavy atom. The average molecular weight is 486 g/mol. The van der Waals surface area contributed by atoms with Crippen LogP contribution in [0.25, 0.3) is 0 Å². The van der Waals surface area contributed by atoms with Crippen LogP contribution in [0.15, 0.2) is 48.5 Å². The summed E-state index contributed by atoms with van der Waals surface area (Å²) < 4.78 is 22.9. The normalized spacial score (nSPS) is 12.1. The molecule has 1 atom stereocenters. The molecule has 0 radical (unpaired) electrons. The molecule has 6 nitrogen and oxygen atoms in total. The first kappa shape index (κ1) is 21.2. The third kappa shape index (κ3) is 6.21. The molecule has 0 N–H and O–H groups in total. The first-order valence-corrected chi connectivity index (χ1v) is 11.2. The molecule has 0 unspecified atom stereocenters. The molecule has 146 valence electrons. The Balaban J connectivity index is 2.44. The summed E-state index contributed by atoms with van der Waals surface area (Å²) >= 11 is -3.10. The standard InChI is InChI=1S/C20H23IO6/c1-14(24-4)18-11-8-12-19(25-13-17-9-6-5-7-10-17)20(18)21(26-15(2)22)27-16(3)23/h5-12,14H,13H2,1-4H3/t14-/m0/s1. The van der Waals surface area contributed by atoms with Gasteiger partial charge in [-0.25, -0.2) is 0 Å². The summed E-state index contributed by atoms with van der Waals surface area (Å²) in [6, 6.07) is 15.2. The van der Waals surface area contributed by atoms with Crippen LogP contribution >= 0.6 is 20.6 Å². The number of hydrogen-bond donors (Lipinski definition) is 0. The number of methoxy groups -OCH3 is 1.